The molecule has 112 valence electrons. The second kappa shape index (κ2) is 8.78. The number of carbonyl (C=O) groups is 1. The maximum absolute atomic E-state index is 11.5. The van der Waals surface area contributed by atoms with Crippen LogP contribution in [0.5, 0.6) is 0 Å². The number of hydrogen-bond acceptors (Lipinski definition) is 1. The number of nitrogens with one attached hydrogen (secondary N) is 1. The predicted octanol–water partition coefficient (Wildman–Crippen LogP) is 5.42. The summed E-state index contributed by atoms with van der Waals surface area (Å²) >= 11 is 0. The number of hydrogen-bond donors (Lipinski definition) is 1. The van der Waals surface area contributed by atoms with Gasteiger partial charge < -0.3 is 5.32 Å². The van der Waals surface area contributed by atoms with Crippen molar-refractivity contribution < 1.29 is 4.79 Å². The van der Waals surface area contributed by atoms with Gasteiger partial charge in [0.2, 0.25) is 5.91 Å². The molecule has 0 radical (unpaired) electrons. The lowest BCUT2D eigenvalue weighted by molar-refractivity contribution is -0.115. The van der Waals surface area contributed by atoms with E-state index in [1.165, 1.54) is 37.7 Å². The molecule has 1 N–H and O–H groups in total. The van der Waals surface area contributed by atoms with E-state index in [1.807, 2.05) is 20.8 Å². The van der Waals surface area contributed by atoms with Crippen LogP contribution in [-0.4, -0.2) is 5.91 Å². The fraction of sp³-hybridized carbons (Fsp3) is 0.611. The third-order valence-corrected chi connectivity index (χ3v) is 3.93. The Morgan fingerprint density at radius 1 is 1.20 bits per heavy atom. The third kappa shape index (κ3) is 4.66. The van der Waals surface area contributed by atoms with Crippen LogP contribution < -0.4 is 5.32 Å². The fourth-order valence-corrected chi connectivity index (χ4v) is 2.70. The Balaban J connectivity index is 0.000000956. The maximum atomic E-state index is 11.5. The molecule has 1 aromatic rings. The molecule has 2 heteroatoms. The Bertz CT molecular complexity index is 419. The van der Waals surface area contributed by atoms with E-state index in [9.17, 15) is 4.79 Å². The molecule has 1 aliphatic carbocycles. The Morgan fingerprint density at radius 2 is 1.85 bits per heavy atom. The summed E-state index contributed by atoms with van der Waals surface area (Å²) in [5.41, 5.74) is 3.54. The molecular formula is C18H29NO. The van der Waals surface area contributed by atoms with Crippen molar-refractivity contribution in [3.8, 4) is 0 Å². The Labute approximate surface area is 124 Å². The topological polar surface area (TPSA) is 29.1 Å². The van der Waals surface area contributed by atoms with Gasteiger partial charge in [-0.05, 0) is 42.9 Å². The highest BCUT2D eigenvalue weighted by atomic mass is 16.1. The molecule has 1 aromatic carbocycles. The zero-order valence-corrected chi connectivity index (χ0v) is 13.5. The number of benzene rings is 1. The van der Waals surface area contributed by atoms with Crippen molar-refractivity contribution >= 4 is 11.6 Å². The fourth-order valence-electron chi connectivity index (χ4n) is 2.70. The lowest BCUT2D eigenvalue weighted by atomic mass is 9.83. The van der Waals surface area contributed by atoms with E-state index in [1.54, 1.807) is 0 Å². The standard InChI is InChI=1S/C16H23NO.C2H6/c1-3-16(18)17-15-11-14(10-9-12(15)2)13-7-5-4-6-8-13;1-2/h9-11,13H,3-8H2,1-2H3,(H,17,18);1-2H3. The molecule has 1 saturated carbocycles. The van der Waals surface area contributed by atoms with Crippen molar-refractivity contribution in [1.29, 1.82) is 0 Å². The Kier molecular flexibility index (Phi) is 7.35. The van der Waals surface area contributed by atoms with Gasteiger partial charge in [0.1, 0.15) is 0 Å². The molecule has 1 fully saturated rings. The van der Waals surface area contributed by atoms with Crippen LogP contribution in [0.25, 0.3) is 0 Å². The summed E-state index contributed by atoms with van der Waals surface area (Å²) in [6.45, 7) is 7.94. The zero-order valence-electron chi connectivity index (χ0n) is 13.5. The van der Waals surface area contributed by atoms with Gasteiger partial charge in [-0.2, -0.15) is 0 Å². The summed E-state index contributed by atoms with van der Waals surface area (Å²) in [7, 11) is 0. The largest absolute Gasteiger partial charge is 0.326 e. The molecule has 0 atom stereocenters. The van der Waals surface area contributed by atoms with Crippen LogP contribution in [0, 0.1) is 6.92 Å². The zero-order chi connectivity index (χ0) is 15.0. The SMILES string of the molecule is CC.CCC(=O)Nc1cc(C2CCCCC2)ccc1C. The summed E-state index contributed by atoms with van der Waals surface area (Å²) in [5.74, 6) is 0.788. The van der Waals surface area contributed by atoms with E-state index >= 15 is 0 Å². The van der Waals surface area contributed by atoms with Gasteiger partial charge in [-0.1, -0.05) is 52.2 Å². The average Bonchev–Trinajstić information content (AvgIpc) is 2.52. The first-order valence-electron chi connectivity index (χ1n) is 8.11. The minimum atomic E-state index is 0.0962. The first kappa shape index (κ1) is 16.7. The molecule has 2 rings (SSSR count). The van der Waals surface area contributed by atoms with Gasteiger partial charge >= 0.3 is 0 Å². The highest BCUT2D eigenvalue weighted by Gasteiger charge is 2.16. The highest BCUT2D eigenvalue weighted by molar-refractivity contribution is 5.91. The smallest absolute Gasteiger partial charge is 0.224 e. The minimum absolute atomic E-state index is 0.0962. The van der Waals surface area contributed by atoms with E-state index in [2.05, 4.69) is 30.4 Å². The van der Waals surface area contributed by atoms with E-state index in [0.29, 0.717) is 12.3 Å². The Hall–Kier alpha value is -1.31. The van der Waals surface area contributed by atoms with Crippen LogP contribution in [0.4, 0.5) is 5.69 Å². The monoisotopic (exact) mass is 275 g/mol. The average molecular weight is 275 g/mol. The van der Waals surface area contributed by atoms with Crippen molar-refractivity contribution in [2.24, 2.45) is 0 Å². The first-order valence-corrected chi connectivity index (χ1v) is 8.11. The number of amides is 1. The summed E-state index contributed by atoms with van der Waals surface area (Å²) in [6, 6.07) is 6.54. The predicted molar refractivity (Wildman–Crippen MR) is 87.3 cm³/mol. The van der Waals surface area contributed by atoms with Crippen LogP contribution in [0.2, 0.25) is 0 Å². The number of aryl methyl sites for hydroxylation is 1. The van der Waals surface area contributed by atoms with Gasteiger partial charge in [0, 0.05) is 12.1 Å². The van der Waals surface area contributed by atoms with Crippen molar-refractivity contribution in [3.05, 3.63) is 29.3 Å². The van der Waals surface area contributed by atoms with Crippen molar-refractivity contribution in [2.45, 2.75) is 72.1 Å². The quantitative estimate of drug-likeness (QED) is 0.784. The molecule has 2 nitrogen and oxygen atoms in total. The van der Waals surface area contributed by atoms with E-state index in [0.717, 1.165) is 11.3 Å². The molecule has 0 saturated heterocycles. The molecule has 1 amide bonds. The minimum Gasteiger partial charge on any atom is -0.326 e. The summed E-state index contributed by atoms with van der Waals surface area (Å²) in [6.07, 6.45) is 7.19. The summed E-state index contributed by atoms with van der Waals surface area (Å²) < 4.78 is 0. The third-order valence-electron chi connectivity index (χ3n) is 3.93. The van der Waals surface area contributed by atoms with Gasteiger partial charge in [-0.25, -0.2) is 0 Å². The second-order valence-corrected chi connectivity index (χ2v) is 5.31. The van der Waals surface area contributed by atoms with E-state index in [4.69, 9.17) is 0 Å². The molecule has 0 aromatic heterocycles. The van der Waals surface area contributed by atoms with Gasteiger partial charge in [-0.3, -0.25) is 4.79 Å². The van der Waals surface area contributed by atoms with Crippen LogP contribution in [0.1, 0.15) is 76.3 Å². The van der Waals surface area contributed by atoms with Gasteiger partial charge in [0.15, 0.2) is 0 Å². The first-order chi connectivity index (χ1) is 9.70. The Morgan fingerprint density at radius 3 is 2.45 bits per heavy atom. The van der Waals surface area contributed by atoms with Crippen LogP contribution in [-0.2, 0) is 4.79 Å². The highest BCUT2D eigenvalue weighted by Crippen LogP contribution is 2.34. The number of rotatable bonds is 3. The summed E-state index contributed by atoms with van der Waals surface area (Å²) in [4.78, 5) is 11.5. The van der Waals surface area contributed by atoms with Gasteiger partial charge in [0.25, 0.3) is 0 Å². The lowest BCUT2D eigenvalue weighted by Crippen LogP contribution is -2.12. The molecule has 0 bridgehead atoms. The molecule has 0 spiro atoms. The molecule has 0 heterocycles. The van der Waals surface area contributed by atoms with Crippen molar-refractivity contribution in [3.63, 3.8) is 0 Å². The number of carbonyl (C=O) groups excluding carboxylic acids is 1. The number of anilines is 1. The molecule has 1 aliphatic rings. The molecule has 20 heavy (non-hydrogen) atoms. The molecule has 0 aliphatic heterocycles. The van der Waals surface area contributed by atoms with E-state index < -0.39 is 0 Å². The van der Waals surface area contributed by atoms with Crippen LogP contribution in [0.15, 0.2) is 18.2 Å². The maximum Gasteiger partial charge on any atom is 0.224 e. The van der Waals surface area contributed by atoms with E-state index in [-0.39, 0.29) is 5.91 Å². The lowest BCUT2D eigenvalue weighted by Gasteiger charge is -2.23. The van der Waals surface area contributed by atoms with Gasteiger partial charge in [-0.15, -0.1) is 0 Å². The normalized spacial score (nSPS) is 15.2. The summed E-state index contributed by atoms with van der Waals surface area (Å²) in [5, 5.41) is 3.00. The molecule has 0 unspecified atom stereocenters. The van der Waals surface area contributed by atoms with Crippen LogP contribution >= 0.6 is 0 Å². The van der Waals surface area contributed by atoms with Crippen LogP contribution in [0.3, 0.4) is 0 Å². The second-order valence-electron chi connectivity index (χ2n) is 5.31. The van der Waals surface area contributed by atoms with Crippen molar-refractivity contribution in [1.82, 2.24) is 0 Å². The van der Waals surface area contributed by atoms with Gasteiger partial charge in [0.05, 0.1) is 0 Å². The van der Waals surface area contributed by atoms with Crippen molar-refractivity contribution in [2.75, 3.05) is 5.32 Å². The molecular weight excluding hydrogens is 246 g/mol.